The molecule has 0 fully saturated rings. The highest BCUT2D eigenvalue weighted by Crippen LogP contribution is 2.16. The molecule has 2 aromatic carbocycles. The molecular formula is C21H20N2O3. The van der Waals surface area contributed by atoms with Gasteiger partial charge in [0, 0.05) is 18.0 Å². The number of aryl methyl sites for hydroxylation is 1. The Morgan fingerprint density at radius 3 is 2.65 bits per heavy atom. The van der Waals surface area contributed by atoms with Crippen molar-refractivity contribution in [1.82, 2.24) is 10.3 Å². The summed E-state index contributed by atoms with van der Waals surface area (Å²) >= 11 is 0. The Kier molecular flexibility index (Phi) is 5.27. The second-order valence-electron chi connectivity index (χ2n) is 6.12. The molecule has 26 heavy (non-hydrogen) atoms. The third-order valence-electron chi connectivity index (χ3n) is 4.19. The van der Waals surface area contributed by atoms with Gasteiger partial charge in [-0.05, 0) is 24.6 Å². The molecule has 5 nitrogen and oxygen atoms in total. The van der Waals surface area contributed by atoms with E-state index in [-0.39, 0.29) is 5.91 Å². The maximum Gasteiger partial charge on any atom is 0.328 e. The summed E-state index contributed by atoms with van der Waals surface area (Å²) in [5, 5.41) is 3.66. The van der Waals surface area contributed by atoms with Crippen molar-refractivity contribution in [3.63, 3.8) is 0 Å². The van der Waals surface area contributed by atoms with Crippen LogP contribution in [-0.2, 0) is 16.0 Å². The van der Waals surface area contributed by atoms with E-state index in [4.69, 9.17) is 4.74 Å². The summed E-state index contributed by atoms with van der Waals surface area (Å²) in [6, 6.07) is 16.2. The van der Waals surface area contributed by atoms with Crippen molar-refractivity contribution in [1.29, 1.82) is 0 Å². The molecule has 0 radical (unpaired) electrons. The molecule has 3 aromatic rings. The molecule has 1 atom stereocenters. The van der Waals surface area contributed by atoms with E-state index in [1.54, 1.807) is 18.3 Å². The van der Waals surface area contributed by atoms with E-state index in [1.807, 2.05) is 49.4 Å². The molecule has 0 saturated heterocycles. The lowest BCUT2D eigenvalue weighted by molar-refractivity contribution is -0.142. The Hall–Kier alpha value is -3.21. The second-order valence-corrected chi connectivity index (χ2v) is 6.12. The summed E-state index contributed by atoms with van der Waals surface area (Å²) in [6.07, 6.45) is 2.00. The maximum absolute atomic E-state index is 12.8. The fourth-order valence-corrected chi connectivity index (χ4v) is 2.93. The van der Waals surface area contributed by atoms with Crippen LogP contribution in [-0.4, -0.2) is 30.0 Å². The van der Waals surface area contributed by atoms with E-state index in [9.17, 15) is 9.59 Å². The molecule has 1 amide bonds. The zero-order valence-corrected chi connectivity index (χ0v) is 14.7. The number of hydrogen-bond donors (Lipinski definition) is 1. The Labute approximate surface area is 152 Å². The number of nitrogens with one attached hydrogen (secondary N) is 1. The number of para-hydroxylation sites is 1. The number of carbonyl (C=O) groups is 2. The van der Waals surface area contributed by atoms with Crippen LogP contribution in [0.4, 0.5) is 0 Å². The van der Waals surface area contributed by atoms with Crippen molar-refractivity contribution in [2.24, 2.45) is 0 Å². The topological polar surface area (TPSA) is 68.3 Å². The van der Waals surface area contributed by atoms with Gasteiger partial charge in [0.1, 0.15) is 6.04 Å². The van der Waals surface area contributed by atoms with Crippen LogP contribution in [0.15, 0.2) is 60.8 Å². The first-order chi connectivity index (χ1) is 12.6. The molecule has 0 aliphatic heterocycles. The Bertz CT molecular complexity index is 947. The summed E-state index contributed by atoms with van der Waals surface area (Å²) in [5.41, 5.74) is 3.08. The number of nitrogens with zero attached hydrogens (tertiary/aromatic N) is 1. The number of pyridine rings is 1. The quantitative estimate of drug-likeness (QED) is 0.720. The van der Waals surface area contributed by atoms with Gasteiger partial charge in [0.25, 0.3) is 5.91 Å². The average molecular weight is 348 g/mol. The predicted octanol–water partition coefficient (Wildman–Crippen LogP) is 3.06. The first-order valence-electron chi connectivity index (χ1n) is 8.36. The third kappa shape index (κ3) is 3.88. The summed E-state index contributed by atoms with van der Waals surface area (Å²) in [5.74, 6) is -0.828. The molecule has 0 spiro atoms. The number of amides is 1. The molecule has 1 aromatic heterocycles. The van der Waals surface area contributed by atoms with Gasteiger partial charge in [-0.1, -0.05) is 48.0 Å². The van der Waals surface area contributed by atoms with E-state index in [2.05, 4.69) is 10.3 Å². The Morgan fingerprint density at radius 1 is 1.12 bits per heavy atom. The van der Waals surface area contributed by atoms with Crippen molar-refractivity contribution < 1.29 is 14.3 Å². The molecule has 0 saturated carbocycles. The number of hydrogen-bond acceptors (Lipinski definition) is 4. The zero-order valence-electron chi connectivity index (χ0n) is 14.7. The lowest BCUT2D eigenvalue weighted by atomic mass is 10.0. The first kappa shape index (κ1) is 17.6. The Morgan fingerprint density at radius 2 is 1.88 bits per heavy atom. The zero-order chi connectivity index (χ0) is 18.5. The van der Waals surface area contributed by atoms with Crippen molar-refractivity contribution in [2.45, 2.75) is 19.4 Å². The van der Waals surface area contributed by atoms with E-state index >= 15 is 0 Å². The number of benzene rings is 2. The van der Waals surface area contributed by atoms with Gasteiger partial charge in [-0.2, -0.15) is 0 Å². The Balaban J connectivity index is 1.86. The molecule has 0 unspecified atom stereocenters. The molecule has 5 heteroatoms. The number of esters is 1. The molecule has 0 bridgehead atoms. The fourth-order valence-electron chi connectivity index (χ4n) is 2.93. The van der Waals surface area contributed by atoms with Crippen LogP contribution < -0.4 is 5.32 Å². The number of carbonyl (C=O) groups excluding carboxylic acids is 2. The number of ether oxygens (including phenoxy) is 1. The molecule has 0 aliphatic rings. The molecule has 1 heterocycles. The summed E-state index contributed by atoms with van der Waals surface area (Å²) in [6.45, 7) is 1.98. The summed E-state index contributed by atoms with van der Waals surface area (Å²) in [7, 11) is 1.32. The second kappa shape index (κ2) is 7.78. The van der Waals surface area contributed by atoms with Crippen LogP contribution in [0.2, 0.25) is 0 Å². The highest BCUT2D eigenvalue weighted by Gasteiger charge is 2.23. The van der Waals surface area contributed by atoms with Gasteiger partial charge in [0.2, 0.25) is 0 Å². The van der Waals surface area contributed by atoms with Crippen LogP contribution in [0.3, 0.4) is 0 Å². The first-order valence-corrected chi connectivity index (χ1v) is 8.36. The van der Waals surface area contributed by atoms with Gasteiger partial charge in [0.05, 0.1) is 18.2 Å². The van der Waals surface area contributed by atoms with Crippen LogP contribution in [0.25, 0.3) is 10.9 Å². The summed E-state index contributed by atoms with van der Waals surface area (Å²) < 4.78 is 4.87. The minimum Gasteiger partial charge on any atom is -0.467 e. The minimum absolute atomic E-state index is 0.350. The number of aromatic nitrogens is 1. The van der Waals surface area contributed by atoms with Gasteiger partial charge >= 0.3 is 5.97 Å². The number of rotatable bonds is 5. The van der Waals surface area contributed by atoms with E-state index in [1.165, 1.54) is 7.11 Å². The van der Waals surface area contributed by atoms with E-state index < -0.39 is 12.0 Å². The number of methoxy groups -OCH3 is 1. The van der Waals surface area contributed by atoms with Gasteiger partial charge in [-0.15, -0.1) is 0 Å². The molecular weight excluding hydrogens is 328 g/mol. The molecule has 3 rings (SSSR count). The highest BCUT2D eigenvalue weighted by molar-refractivity contribution is 6.06. The van der Waals surface area contributed by atoms with Gasteiger partial charge in [0.15, 0.2) is 0 Å². The highest BCUT2D eigenvalue weighted by atomic mass is 16.5. The van der Waals surface area contributed by atoms with Crippen molar-refractivity contribution >= 4 is 22.8 Å². The largest absolute Gasteiger partial charge is 0.467 e. The lowest BCUT2D eigenvalue weighted by Gasteiger charge is -2.17. The van der Waals surface area contributed by atoms with E-state index in [0.717, 1.165) is 16.5 Å². The maximum atomic E-state index is 12.8. The molecule has 1 N–H and O–H groups in total. The van der Waals surface area contributed by atoms with Gasteiger partial charge in [-0.25, -0.2) is 4.79 Å². The standard InChI is InChI=1S/C21H20N2O3/c1-14-6-3-7-15(12-14)13-18(21(25)26-2)23-20(24)17-10-4-8-16-9-5-11-22-19(16)17/h3-12,18H,13H2,1-2H3,(H,23,24)/t18-/m0/s1. The van der Waals surface area contributed by atoms with Crippen molar-refractivity contribution in [3.05, 3.63) is 77.5 Å². The van der Waals surface area contributed by atoms with Crippen molar-refractivity contribution in [3.8, 4) is 0 Å². The van der Waals surface area contributed by atoms with E-state index in [0.29, 0.717) is 17.5 Å². The smallest absolute Gasteiger partial charge is 0.328 e. The summed E-state index contributed by atoms with van der Waals surface area (Å²) in [4.78, 5) is 29.3. The molecule has 132 valence electrons. The van der Waals surface area contributed by atoms with Crippen LogP contribution in [0.5, 0.6) is 0 Å². The predicted molar refractivity (Wildman–Crippen MR) is 99.9 cm³/mol. The van der Waals surface area contributed by atoms with Gasteiger partial charge < -0.3 is 10.1 Å². The number of fused-ring (bicyclic) bond motifs is 1. The lowest BCUT2D eigenvalue weighted by Crippen LogP contribution is -2.43. The fraction of sp³-hybridized carbons (Fsp3) is 0.190. The monoisotopic (exact) mass is 348 g/mol. The average Bonchev–Trinajstić information content (AvgIpc) is 2.66. The molecule has 0 aliphatic carbocycles. The van der Waals surface area contributed by atoms with Crippen LogP contribution in [0.1, 0.15) is 21.5 Å². The third-order valence-corrected chi connectivity index (χ3v) is 4.19. The van der Waals surface area contributed by atoms with Crippen molar-refractivity contribution in [2.75, 3.05) is 7.11 Å². The normalized spacial score (nSPS) is 11.8. The van der Waals surface area contributed by atoms with Gasteiger partial charge in [-0.3, -0.25) is 9.78 Å². The van der Waals surface area contributed by atoms with Crippen LogP contribution >= 0.6 is 0 Å². The SMILES string of the molecule is COC(=O)[C@H](Cc1cccc(C)c1)NC(=O)c1cccc2cccnc12. The van der Waals surface area contributed by atoms with Crippen LogP contribution in [0, 0.1) is 6.92 Å². The minimum atomic E-state index is -0.770.